The number of benzene rings is 1. The van der Waals surface area contributed by atoms with E-state index in [1.165, 1.54) is 11.3 Å². The van der Waals surface area contributed by atoms with Gasteiger partial charge in [-0.15, -0.1) is 11.3 Å². The SMILES string of the molecule is Cc1cc(B(O)O)cc2cc(N)sc12. The van der Waals surface area contributed by atoms with Gasteiger partial charge in [0.05, 0.1) is 5.00 Å². The second-order valence-electron chi connectivity index (χ2n) is 3.28. The van der Waals surface area contributed by atoms with Crippen LogP contribution in [0.25, 0.3) is 10.1 Å². The molecule has 0 bridgehead atoms. The summed E-state index contributed by atoms with van der Waals surface area (Å²) in [6.45, 7) is 1.93. The monoisotopic (exact) mass is 207 g/mol. The van der Waals surface area contributed by atoms with Crippen molar-refractivity contribution in [2.24, 2.45) is 0 Å². The average Bonchev–Trinajstić information content (AvgIpc) is 2.45. The van der Waals surface area contributed by atoms with Crippen LogP contribution >= 0.6 is 11.3 Å². The number of hydrogen-bond acceptors (Lipinski definition) is 4. The predicted molar refractivity (Wildman–Crippen MR) is 60.8 cm³/mol. The van der Waals surface area contributed by atoms with E-state index in [0.717, 1.165) is 20.7 Å². The van der Waals surface area contributed by atoms with Crippen molar-refractivity contribution >= 4 is 39.0 Å². The van der Waals surface area contributed by atoms with E-state index in [2.05, 4.69) is 0 Å². The highest BCUT2D eigenvalue weighted by molar-refractivity contribution is 7.22. The molecular formula is C9H10BNO2S. The Morgan fingerprint density at radius 3 is 2.64 bits per heavy atom. The van der Waals surface area contributed by atoms with Crippen LogP contribution in [0.15, 0.2) is 18.2 Å². The fourth-order valence-electron chi connectivity index (χ4n) is 1.53. The number of aryl methyl sites for hydroxylation is 1. The molecule has 2 rings (SSSR count). The molecule has 0 saturated heterocycles. The number of nitrogens with two attached hydrogens (primary N) is 1. The minimum atomic E-state index is -1.42. The molecule has 0 spiro atoms. The highest BCUT2D eigenvalue weighted by atomic mass is 32.1. The third kappa shape index (κ3) is 1.50. The molecule has 14 heavy (non-hydrogen) atoms. The number of anilines is 1. The lowest BCUT2D eigenvalue weighted by molar-refractivity contribution is 0.426. The van der Waals surface area contributed by atoms with Crippen molar-refractivity contribution in [2.75, 3.05) is 5.73 Å². The minimum absolute atomic E-state index is 0.507. The van der Waals surface area contributed by atoms with Gasteiger partial charge in [0.15, 0.2) is 0 Å². The maximum absolute atomic E-state index is 9.04. The van der Waals surface area contributed by atoms with Crippen molar-refractivity contribution < 1.29 is 10.0 Å². The zero-order valence-corrected chi connectivity index (χ0v) is 8.51. The number of nitrogen functional groups attached to an aromatic ring is 1. The van der Waals surface area contributed by atoms with Gasteiger partial charge in [0.1, 0.15) is 0 Å². The molecule has 0 amide bonds. The van der Waals surface area contributed by atoms with Crippen LogP contribution in [-0.2, 0) is 0 Å². The summed E-state index contributed by atoms with van der Waals surface area (Å²) in [6.07, 6.45) is 0. The van der Waals surface area contributed by atoms with E-state index in [4.69, 9.17) is 15.8 Å². The van der Waals surface area contributed by atoms with Crippen LogP contribution in [0.5, 0.6) is 0 Å². The standard InChI is InChI=1S/C9H10BNO2S/c1-5-2-7(10(12)13)3-6-4-8(11)14-9(5)6/h2-4,12-13H,11H2,1H3. The van der Waals surface area contributed by atoms with Crippen LogP contribution in [0.1, 0.15) is 5.56 Å². The van der Waals surface area contributed by atoms with Crippen molar-refractivity contribution in [1.82, 2.24) is 0 Å². The average molecular weight is 207 g/mol. The molecule has 0 aliphatic carbocycles. The third-order valence-corrected chi connectivity index (χ3v) is 3.26. The summed E-state index contributed by atoms with van der Waals surface area (Å²) in [7, 11) is -1.42. The van der Waals surface area contributed by atoms with E-state index >= 15 is 0 Å². The molecule has 0 radical (unpaired) electrons. The normalized spacial score (nSPS) is 10.8. The summed E-state index contributed by atoms with van der Waals surface area (Å²) in [5.41, 5.74) is 7.21. The summed E-state index contributed by atoms with van der Waals surface area (Å²) in [5, 5.41) is 19.8. The fourth-order valence-corrected chi connectivity index (χ4v) is 2.40. The van der Waals surface area contributed by atoms with Crippen molar-refractivity contribution in [1.29, 1.82) is 0 Å². The lowest BCUT2D eigenvalue weighted by Gasteiger charge is -2.02. The highest BCUT2D eigenvalue weighted by Gasteiger charge is 2.13. The Balaban J connectivity index is 2.71. The molecule has 1 aromatic heterocycles. The van der Waals surface area contributed by atoms with Crippen LogP contribution in [0, 0.1) is 6.92 Å². The van der Waals surface area contributed by atoms with Gasteiger partial charge in [-0.2, -0.15) is 0 Å². The molecule has 0 atom stereocenters. The lowest BCUT2D eigenvalue weighted by Crippen LogP contribution is -2.29. The van der Waals surface area contributed by atoms with Crippen LogP contribution in [0.3, 0.4) is 0 Å². The zero-order chi connectivity index (χ0) is 10.3. The van der Waals surface area contributed by atoms with Gasteiger partial charge in [0.25, 0.3) is 0 Å². The van der Waals surface area contributed by atoms with Crippen LogP contribution in [0.4, 0.5) is 5.00 Å². The molecule has 0 fully saturated rings. The first-order valence-corrected chi connectivity index (χ1v) is 5.05. The molecule has 1 heterocycles. The Bertz CT molecular complexity index is 481. The fraction of sp³-hybridized carbons (Fsp3) is 0.111. The molecule has 0 aliphatic heterocycles. The number of hydrogen-bond donors (Lipinski definition) is 3. The molecule has 2 aromatic rings. The molecule has 0 unspecified atom stereocenters. The van der Waals surface area contributed by atoms with Crippen molar-refractivity contribution in [3.8, 4) is 0 Å². The molecule has 1 aromatic carbocycles. The van der Waals surface area contributed by atoms with Gasteiger partial charge in [-0.05, 0) is 29.4 Å². The van der Waals surface area contributed by atoms with Crippen molar-refractivity contribution in [3.63, 3.8) is 0 Å². The largest absolute Gasteiger partial charge is 0.488 e. The van der Waals surface area contributed by atoms with Crippen molar-refractivity contribution in [3.05, 3.63) is 23.8 Å². The quantitative estimate of drug-likeness (QED) is 0.595. The Labute approximate surface area is 85.9 Å². The maximum atomic E-state index is 9.04. The van der Waals surface area contributed by atoms with Crippen molar-refractivity contribution in [2.45, 2.75) is 6.92 Å². The van der Waals surface area contributed by atoms with Crippen LogP contribution in [0.2, 0.25) is 0 Å². The summed E-state index contributed by atoms with van der Waals surface area (Å²) in [5.74, 6) is 0. The first kappa shape index (κ1) is 9.52. The number of fused-ring (bicyclic) bond motifs is 1. The molecule has 5 heteroatoms. The Hall–Kier alpha value is -1.04. The Morgan fingerprint density at radius 2 is 2.00 bits per heavy atom. The maximum Gasteiger partial charge on any atom is 0.488 e. The van der Waals surface area contributed by atoms with Crippen LogP contribution in [-0.4, -0.2) is 17.2 Å². The highest BCUT2D eigenvalue weighted by Crippen LogP contribution is 2.29. The predicted octanol–water partition coefficient (Wildman–Crippen LogP) is 0.472. The second-order valence-corrected chi connectivity index (χ2v) is 4.36. The lowest BCUT2D eigenvalue weighted by atomic mass is 9.79. The van der Waals surface area contributed by atoms with E-state index < -0.39 is 7.12 Å². The van der Waals surface area contributed by atoms with E-state index in [1.807, 2.05) is 13.0 Å². The summed E-state index contributed by atoms with van der Waals surface area (Å²) in [6, 6.07) is 5.36. The zero-order valence-electron chi connectivity index (χ0n) is 7.69. The number of rotatable bonds is 1. The van der Waals surface area contributed by atoms with Gasteiger partial charge in [0, 0.05) is 4.70 Å². The smallest absolute Gasteiger partial charge is 0.423 e. The number of thiophene rings is 1. The Morgan fingerprint density at radius 1 is 1.29 bits per heavy atom. The van der Waals surface area contributed by atoms with Crippen LogP contribution < -0.4 is 11.2 Å². The summed E-state index contributed by atoms with van der Waals surface area (Å²) < 4.78 is 1.10. The topological polar surface area (TPSA) is 66.5 Å². The third-order valence-electron chi connectivity index (χ3n) is 2.14. The molecule has 72 valence electrons. The van der Waals surface area contributed by atoms with Gasteiger partial charge in [-0.25, -0.2) is 0 Å². The summed E-state index contributed by atoms with van der Waals surface area (Å²) in [4.78, 5) is 0. The second kappa shape index (κ2) is 3.27. The Kier molecular flexibility index (Phi) is 2.22. The van der Waals surface area contributed by atoms with Gasteiger partial charge in [-0.3, -0.25) is 0 Å². The summed E-state index contributed by atoms with van der Waals surface area (Å²) >= 11 is 1.51. The van der Waals surface area contributed by atoms with E-state index in [9.17, 15) is 0 Å². The van der Waals surface area contributed by atoms with E-state index in [-0.39, 0.29) is 0 Å². The molecule has 0 saturated carbocycles. The van der Waals surface area contributed by atoms with Gasteiger partial charge >= 0.3 is 7.12 Å². The molecule has 0 aliphatic rings. The molecule has 4 N–H and O–H groups in total. The van der Waals surface area contributed by atoms with Gasteiger partial charge in [-0.1, -0.05) is 12.1 Å². The van der Waals surface area contributed by atoms with E-state index in [0.29, 0.717) is 5.46 Å². The molecule has 3 nitrogen and oxygen atoms in total. The van der Waals surface area contributed by atoms with E-state index in [1.54, 1.807) is 12.1 Å². The molecular weight excluding hydrogens is 197 g/mol. The van der Waals surface area contributed by atoms with Gasteiger partial charge in [0.2, 0.25) is 0 Å². The first-order chi connectivity index (χ1) is 6.58. The minimum Gasteiger partial charge on any atom is -0.423 e. The van der Waals surface area contributed by atoms with Gasteiger partial charge < -0.3 is 15.8 Å². The first-order valence-electron chi connectivity index (χ1n) is 4.23.